The van der Waals surface area contributed by atoms with E-state index in [4.69, 9.17) is 7.85 Å². The zero-order valence-electron chi connectivity index (χ0n) is 12.2. The van der Waals surface area contributed by atoms with Crippen LogP contribution in [0.5, 0.6) is 0 Å². The van der Waals surface area contributed by atoms with Crippen LogP contribution in [0, 0.1) is 0 Å². The van der Waals surface area contributed by atoms with Crippen LogP contribution in [0.15, 0.2) is 0 Å². The van der Waals surface area contributed by atoms with Gasteiger partial charge in [0.05, 0.1) is 7.85 Å². The van der Waals surface area contributed by atoms with E-state index in [1.807, 2.05) is 0 Å². The largest absolute Gasteiger partial charge is 0.317 e. The average molecular weight is 273 g/mol. The second-order valence-corrected chi connectivity index (χ2v) is 10.5. The van der Waals surface area contributed by atoms with Gasteiger partial charge in [-0.2, -0.15) is 0 Å². The summed E-state index contributed by atoms with van der Waals surface area (Å²) < 4.78 is 0. The molecule has 0 amide bonds. The smallest absolute Gasteiger partial charge is 0.0721 e. The number of nitrogens with one attached hydrogen (secondary N) is 1. The van der Waals surface area contributed by atoms with Crippen LogP contribution in [0.25, 0.3) is 0 Å². The van der Waals surface area contributed by atoms with Crippen molar-refractivity contribution in [3.05, 3.63) is 0 Å². The Balaban J connectivity index is 3.53. The highest BCUT2D eigenvalue weighted by Gasteiger charge is 2.08. The van der Waals surface area contributed by atoms with E-state index in [1.54, 1.807) is 0 Å². The molecule has 1 nitrogen and oxygen atoms in total. The third-order valence-electron chi connectivity index (χ3n) is 3.29. The first-order chi connectivity index (χ1) is 8.17. The Morgan fingerprint density at radius 2 is 1.47 bits per heavy atom. The molecular weight excluding hydrogens is 243 g/mol. The van der Waals surface area contributed by atoms with E-state index in [2.05, 4.69) is 33.0 Å². The van der Waals surface area contributed by atoms with Crippen LogP contribution in [0.4, 0.5) is 0 Å². The molecule has 4 heteroatoms. The summed E-state index contributed by atoms with van der Waals surface area (Å²) in [4.78, 5) is 0. The summed E-state index contributed by atoms with van der Waals surface area (Å²) in [6.45, 7) is 11.4. The molecule has 0 bridgehead atoms. The van der Waals surface area contributed by atoms with Gasteiger partial charge in [-0.3, -0.25) is 0 Å². The second kappa shape index (κ2) is 11.9. The van der Waals surface area contributed by atoms with Crippen LogP contribution < -0.4 is 5.32 Å². The molecule has 0 aliphatic carbocycles. The van der Waals surface area contributed by atoms with Crippen LogP contribution in [0.3, 0.4) is 0 Å². The van der Waals surface area contributed by atoms with Crippen molar-refractivity contribution in [3.63, 3.8) is 0 Å². The first-order valence-corrected chi connectivity index (χ1v) is 10.9. The SMILES string of the molecule is [B]C(CNCCP(CC)CC)CP(CC)CC. The fraction of sp³-hybridized carbons (Fsp3) is 1.00. The normalized spacial score (nSPS) is 13.5. The second-order valence-electron chi connectivity index (χ2n) is 4.48. The molecule has 0 aromatic rings. The maximum Gasteiger partial charge on any atom is 0.0721 e. The zero-order chi connectivity index (χ0) is 13.1. The van der Waals surface area contributed by atoms with E-state index in [-0.39, 0.29) is 7.92 Å². The van der Waals surface area contributed by atoms with Gasteiger partial charge in [0.25, 0.3) is 0 Å². The molecule has 0 rings (SSSR count). The standard InChI is InChI=1S/C13H30BNP2/c1-5-16(6-2)10-9-15-11-13(14)12-17(7-3)8-4/h13,15H,5-12H2,1-4H3. The van der Waals surface area contributed by atoms with Crippen molar-refractivity contribution in [2.24, 2.45) is 0 Å². The Kier molecular flexibility index (Phi) is 12.6. The minimum atomic E-state index is 0.204. The summed E-state index contributed by atoms with van der Waals surface area (Å²) in [6.07, 6.45) is 8.01. The van der Waals surface area contributed by atoms with Crippen molar-refractivity contribution in [2.45, 2.75) is 33.5 Å². The lowest BCUT2D eigenvalue weighted by Crippen LogP contribution is -2.24. The molecule has 0 fully saturated rings. The molecule has 17 heavy (non-hydrogen) atoms. The van der Waals surface area contributed by atoms with Crippen molar-refractivity contribution >= 4 is 23.7 Å². The van der Waals surface area contributed by atoms with E-state index in [0.29, 0.717) is 13.7 Å². The van der Waals surface area contributed by atoms with Crippen molar-refractivity contribution in [2.75, 3.05) is 50.1 Å². The summed E-state index contributed by atoms with van der Waals surface area (Å²) >= 11 is 0. The van der Waals surface area contributed by atoms with Gasteiger partial charge in [0.15, 0.2) is 0 Å². The average Bonchev–Trinajstić information content (AvgIpc) is 2.36. The monoisotopic (exact) mass is 273 g/mol. The molecule has 0 spiro atoms. The van der Waals surface area contributed by atoms with Gasteiger partial charge in [0.1, 0.15) is 0 Å². The molecule has 1 unspecified atom stereocenters. The van der Waals surface area contributed by atoms with Gasteiger partial charge < -0.3 is 5.32 Å². The highest BCUT2D eigenvalue weighted by Crippen LogP contribution is 2.37. The summed E-state index contributed by atoms with van der Waals surface area (Å²) in [5.41, 5.74) is 0. The van der Waals surface area contributed by atoms with E-state index < -0.39 is 0 Å². The van der Waals surface area contributed by atoms with E-state index in [1.165, 1.54) is 37.0 Å². The number of hydrogen-bond donors (Lipinski definition) is 1. The minimum absolute atomic E-state index is 0.204. The Morgan fingerprint density at radius 1 is 0.941 bits per heavy atom. The van der Waals surface area contributed by atoms with Gasteiger partial charge in [-0.15, -0.1) is 15.8 Å². The minimum Gasteiger partial charge on any atom is -0.317 e. The number of rotatable bonds is 11. The lowest BCUT2D eigenvalue weighted by atomic mass is 9.89. The van der Waals surface area contributed by atoms with Crippen molar-refractivity contribution in [3.8, 4) is 0 Å². The predicted octanol–water partition coefficient (Wildman–Crippen LogP) is 3.58. The van der Waals surface area contributed by atoms with Crippen LogP contribution in [0.1, 0.15) is 27.7 Å². The lowest BCUT2D eigenvalue weighted by molar-refractivity contribution is 0.706. The highest BCUT2D eigenvalue weighted by molar-refractivity contribution is 7.57. The van der Waals surface area contributed by atoms with Crippen LogP contribution >= 0.6 is 15.8 Å². The van der Waals surface area contributed by atoms with E-state index >= 15 is 0 Å². The molecule has 0 aliphatic heterocycles. The molecule has 2 radical (unpaired) electrons. The highest BCUT2D eigenvalue weighted by atomic mass is 31.1. The maximum atomic E-state index is 6.17. The molecule has 0 saturated carbocycles. The molecular formula is C13H30BNP2. The van der Waals surface area contributed by atoms with Crippen LogP contribution in [-0.2, 0) is 0 Å². The van der Waals surface area contributed by atoms with Crippen molar-refractivity contribution in [1.82, 2.24) is 5.32 Å². The van der Waals surface area contributed by atoms with E-state index in [9.17, 15) is 0 Å². The molecule has 0 saturated heterocycles. The Bertz CT molecular complexity index is 161. The first-order valence-electron chi connectivity index (χ1n) is 7.08. The molecule has 0 aromatic heterocycles. The van der Waals surface area contributed by atoms with Crippen molar-refractivity contribution in [1.29, 1.82) is 0 Å². The van der Waals surface area contributed by atoms with Crippen LogP contribution in [-0.4, -0.2) is 57.9 Å². The lowest BCUT2D eigenvalue weighted by Gasteiger charge is -2.20. The number of hydrogen-bond acceptors (Lipinski definition) is 1. The fourth-order valence-electron chi connectivity index (χ4n) is 1.94. The zero-order valence-corrected chi connectivity index (χ0v) is 14.0. The van der Waals surface area contributed by atoms with Gasteiger partial charge in [0.2, 0.25) is 0 Å². The molecule has 100 valence electrons. The Labute approximate surface area is 113 Å². The molecule has 1 atom stereocenters. The van der Waals surface area contributed by atoms with Gasteiger partial charge >= 0.3 is 0 Å². The molecule has 0 aromatic carbocycles. The van der Waals surface area contributed by atoms with Crippen molar-refractivity contribution < 1.29 is 0 Å². The summed E-state index contributed by atoms with van der Waals surface area (Å²) in [5.74, 6) is 0.371. The summed E-state index contributed by atoms with van der Waals surface area (Å²) in [5, 5.41) is 3.54. The predicted molar refractivity (Wildman–Crippen MR) is 88.1 cm³/mol. The maximum absolute atomic E-state index is 6.17. The Hall–Kier alpha value is 0.885. The Morgan fingerprint density at radius 3 is 1.94 bits per heavy atom. The summed E-state index contributed by atoms with van der Waals surface area (Å²) in [7, 11) is 6.66. The van der Waals surface area contributed by atoms with Gasteiger partial charge in [-0.1, -0.05) is 33.5 Å². The van der Waals surface area contributed by atoms with Gasteiger partial charge in [-0.05, 0) is 50.1 Å². The molecule has 1 N–H and O–H groups in total. The third-order valence-corrected chi connectivity index (χ3v) is 8.71. The van der Waals surface area contributed by atoms with Gasteiger partial charge in [0, 0.05) is 0 Å². The van der Waals surface area contributed by atoms with Gasteiger partial charge in [-0.25, -0.2) is 0 Å². The van der Waals surface area contributed by atoms with Crippen LogP contribution in [0.2, 0.25) is 5.82 Å². The fourth-order valence-corrected chi connectivity index (χ4v) is 5.25. The quantitative estimate of drug-likeness (QED) is 0.345. The topological polar surface area (TPSA) is 12.0 Å². The molecule has 0 aliphatic rings. The summed E-state index contributed by atoms with van der Waals surface area (Å²) in [6, 6.07) is 0. The van der Waals surface area contributed by atoms with E-state index in [0.717, 1.165) is 13.1 Å². The first kappa shape index (κ1) is 17.9. The molecule has 0 heterocycles. The third kappa shape index (κ3) is 9.46.